The van der Waals surface area contributed by atoms with Gasteiger partial charge in [0.25, 0.3) is 0 Å². The molecule has 5 atom stereocenters. The van der Waals surface area contributed by atoms with Crippen molar-refractivity contribution in [1.82, 2.24) is 9.78 Å². The van der Waals surface area contributed by atoms with Crippen LogP contribution in [0.3, 0.4) is 0 Å². The van der Waals surface area contributed by atoms with Gasteiger partial charge in [0, 0.05) is 19.2 Å². The summed E-state index contributed by atoms with van der Waals surface area (Å²) >= 11 is 1.12. The van der Waals surface area contributed by atoms with Gasteiger partial charge in [0.1, 0.15) is 18.0 Å². The second-order valence-electron chi connectivity index (χ2n) is 6.30. The molecule has 1 aliphatic heterocycles. The number of rotatable bonds is 6. The average Bonchev–Trinajstić information content (AvgIpc) is 3.11. The highest BCUT2D eigenvalue weighted by Crippen LogP contribution is 2.35. The maximum Gasteiger partial charge on any atom is 0.173 e. The Labute approximate surface area is 156 Å². The molecule has 0 saturated carbocycles. The first-order chi connectivity index (χ1) is 12.5. The molecule has 1 aromatic carbocycles. The van der Waals surface area contributed by atoms with Crippen molar-refractivity contribution in [3.8, 4) is 5.75 Å². The number of ether oxygens (including phenoxy) is 1. The minimum Gasteiger partial charge on any atom is -0.477 e. The number of hydrogen-bond acceptors (Lipinski definition) is 7. The van der Waals surface area contributed by atoms with Gasteiger partial charge in [0.15, 0.2) is 5.44 Å². The minimum absolute atomic E-state index is 0.312. The fraction of sp³-hybridized carbons (Fsp3) is 0.500. The summed E-state index contributed by atoms with van der Waals surface area (Å²) in [5.74, 6) is 0.591. The van der Waals surface area contributed by atoms with Crippen molar-refractivity contribution in [3.05, 3.63) is 47.8 Å². The lowest BCUT2D eigenvalue weighted by molar-refractivity contribution is -0.0910. The molecule has 0 aliphatic carbocycles. The molecule has 0 bridgehead atoms. The molecule has 7 nitrogen and oxygen atoms in total. The van der Waals surface area contributed by atoms with Crippen LogP contribution in [0.4, 0.5) is 0 Å². The van der Waals surface area contributed by atoms with Crippen LogP contribution >= 0.6 is 11.8 Å². The summed E-state index contributed by atoms with van der Waals surface area (Å²) < 4.78 is 7.81. The topological polar surface area (TPSA) is 108 Å². The summed E-state index contributed by atoms with van der Waals surface area (Å²) in [6.45, 7) is 2.51. The number of benzene rings is 1. The molecule has 0 spiro atoms. The summed E-state index contributed by atoms with van der Waals surface area (Å²) in [5.41, 5.74) is 1.19. The van der Waals surface area contributed by atoms with E-state index in [1.54, 1.807) is 6.07 Å². The molecule has 4 N–H and O–H groups in total. The molecule has 0 unspecified atom stereocenters. The Balaban J connectivity index is 1.77. The number of aryl methyl sites for hydroxylation is 1. The zero-order valence-electron chi connectivity index (χ0n) is 14.5. The van der Waals surface area contributed by atoms with Gasteiger partial charge >= 0.3 is 0 Å². The van der Waals surface area contributed by atoms with E-state index < -0.39 is 29.0 Å². The molecule has 2 aromatic rings. The standard InChI is InChI=1S/C18H24N2O5S/c1-2-20-9-11(8-19-20)7-12-5-3-4-6-13(12)25-18-17(24)16(23)15(22)14(10-21)26-18/h3-6,8-9,14-18,21-24H,2,7,10H2,1H3/t14-,15-,16+,17-,18-/m1/s1. The lowest BCUT2D eigenvalue weighted by atomic mass is 10.0. The molecule has 1 saturated heterocycles. The largest absolute Gasteiger partial charge is 0.477 e. The van der Waals surface area contributed by atoms with Gasteiger partial charge in [-0.2, -0.15) is 5.10 Å². The van der Waals surface area contributed by atoms with E-state index in [2.05, 4.69) is 5.10 Å². The first-order valence-corrected chi connectivity index (χ1v) is 9.54. The first-order valence-electron chi connectivity index (χ1n) is 8.60. The van der Waals surface area contributed by atoms with Crippen LogP contribution in [0.15, 0.2) is 36.7 Å². The van der Waals surface area contributed by atoms with Crippen molar-refractivity contribution in [2.75, 3.05) is 6.61 Å². The molecular weight excluding hydrogens is 356 g/mol. The van der Waals surface area contributed by atoms with Gasteiger partial charge in [-0.3, -0.25) is 4.68 Å². The second kappa shape index (κ2) is 8.41. The SMILES string of the molecule is CCn1cc(Cc2ccccc2O[C@@H]2S[C@H](CO)[C@@H](O)[C@H](O)[C@H]2O)cn1. The third-order valence-electron chi connectivity index (χ3n) is 4.47. The van der Waals surface area contributed by atoms with E-state index in [1.165, 1.54) is 0 Å². The van der Waals surface area contributed by atoms with Crippen molar-refractivity contribution in [2.24, 2.45) is 0 Å². The van der Waals surface area contributed by atoms with Gasteiger partial charge < -0.3 is 25.2 Å². The summed E-state index contributed by atoms with van der Waals surface area (Å²) in [6, 6.07) is 7.49. The van der Waals surface area contributed by atoms with E-state index in [9.17, 15) is 20.4 Å². The van der Waals surface area contributed by atoms with Crippen LogP contribution in [0, 0.1) is 0 Å². The van der Waals surface area contributed by atoms with E-state index >= 15 is 0 Å². The molecule has 142 valence electrons. The number of aliphatic hydroxyl groups excluding tert-OH is 4. The smallest absolute Gasteiger partial charge is 0.173 e. The third kappa shape index (κ3) is 4.05. The molecule has 2 heterocycles. The van der Waals surface area contributed by atoms with Gasteiger partial charge in [-0.25, -0.2) is 0 Å². The maximum atomic E-state index is 10.2. The van der Waals surface area contributed by atoms with Crippen LogP contribution in [0.25, 0.3) is 0 Å². The Kier molecular flexibility index (Phi) is 6.20. The minimum atomic E-state index is -1.37. The van der Waals surface area contributed by atoms with E-state index in [1.807, 2.05) is 42.2 Å². The Morgan fingerprint density at radius 2 is 1.92 bits per heavy atom. The van der Waals surface area contributed by atoms with Crippen LogP contribution in [0.5, 0.6) is 5.75 Å². The number of aromatic nitrogens is 2. The van der Waals surface area contributed by atoms with Gasteiger partial charge in [-0.1, -0.05) is 18.2 Å². The van der Waals surface area contributed by atoms with Gasteiger partial charge in [-0.05, 0) is 24.1 Å². The molecule has 1 aliphatic rings. The second-order valence-corrected chi connectivity index (χ2v) is 7.65. The predicted octanol–water partition coefficient (Wildman–Crippen LogP) is 0.389. The number of nitrogens with zero attached hydrogens (tertiary/aromatic N) is 2. The highest BCUT2D eigenvalue weighted by Gasteiger charge is 2.44. The Bertz CT molecular complexity index is 723. The van der Waals surface area contributed by atoms with Crippen molar-refractivity contribution >= 4 is 11.8 Å². The molecule has 8 heteroatoms. The number of aliphatic hydroxyl groups is 4. The average molecular weight is 380 g/mol. The highest BCUT2D eigenvalue weighted by molar-refractivity contribution is 8.00. The van der Waals surface area contributed by atoms with Crippen LogP contribution in [-0.4, -0.2) is 65.8 Å². The summed E-state index contributed by atoms with van der Waals surface area (Å²) in [4.78, 5) is 0. The van der Waals surface area contributed by atoms with Crippen LogP contribution in [0.2, 0.25) is 0 Å². The fourth-order valence-corrected chi connectivity index (χ4v) is 4.18. The van der Waals surface area contributed by atoms with E-state index in [-0.39, 0.29) is 6.61 Å². The molecular formula is C18H24N2O5S. The monoisotopic (exact) mass is 380 g/mol. The highest BCUT2D eigenvalue weighted by atomic mass is 32.2. The molecule has 0 radical (unpaired) electrons. The molecule has 26 heavy (non-hydrogen) atoms. The van der Waals surface area contributed by atoms with Crippen LogP contribution in [-0.2, 0) is 13.0 Å². The summed E-state index contributed by atoms with van der Waals surface area (Å²) in [7, 11) is 0. The van der Waals surface area contributed by atoms with Crippen molar-refractivity contribution in [2.45, 2.75) is 48.9 Å². The van der Waals surface area contributed by atoms with Crippen molar-refractivity contribution < 1.29 is 25.2 Å². The van der Waals surface area contributed by atoms with E-state index in [0.29, 0.717) is 12.2 Å². The van der Waals surface area contributed by atoms with Gasteiger partial charge in [0.05, 0.1) is 24.2 Å². The Hall–Kier alpha value is -1.58. The summed E-state index contributed by atoms with van der Waals surface area (Å²) in [5, 5.41) is 43.2. The number of para-hydroxylation sites is 1. The van der Waals surface area contributed by atoms with Crippen molar-refractivity contribution in [3.63, 3.8) is 0 Å². The lowest BCUT2D eigenvalue weighted by Gasteiger charge is -2.39. The van der Waals surface area contributed by atoms with E-state index in [4.69, 9.17) is 4.74 Å². The molecule has 1 aromatic heterocycles. The number of thioether (sulfide) groups is 1. The zero-order valence-corrected chi connectivity index (χ0v) is 15.3. The Morgan fingerprint density at radius 1 is 1.15 bits per heavy atom. The molecule has 3 rings (SSSR count). The third-order valence-corrected chi connectivity index (χ3v) is 5.89. The van der Waals surface area contributed by atoms with E-state index in [0.717, 1.165) is 29.4 Å². The van der Waals surface area contributed by atoms with Crippen LogP contribution in [0.1, 0.15) is 18.1 Å². The number of hydrogen-bond donors (Lipinski definition) is 4. The zero-order chi connectivity index (χ0) is 18.7. The normalized spacial score (nSPS) is 28.9. The molecule has 0 amide bonds. The van der Waals surface area contributed by atoms with Gasteiger partial charge in [0.2, 0.25) is 0 Å². The first kappa shape index (κ1) is 19.2. The van der Waals surface area contributed by atoms with Crippen molar-refractivity contribution in [1.29, 1.82) is 0 Å². The molecule has 1 fully saturated rings. The predicted molar refractivity (Wildman–Crippen MR) is 98.1 cm³/mol. The summed E-state index contributed by atoms with van der Waals surface area (Å²) in [6.07, 6.45) is 0.588. The van der Waals surface area contributed by atoms with Crippen LogP contribution < -0.4 is 4.74 Å². The fourth-order valence-electron chi connectivity index (χ4n) is 2.95. The lowest BCUT2D eigenvalue weighted by Crippen LogP contribution is -2.55. The quantitative estimate of drug-likeness (QED) is 0.574. The maximum absolute atomic E-state index is 10.2. The van der Waals surface area contributed by atoms with Gasteiger partial charge in [-0.15, -0.1) is 11.8 Å². The Morgan fingerprint density at radius 3 is 2.62 bits per heavy atom.